The number of amides is 1. The van der Waals surface area contributed by atoms with E-state index in [1.165, 1.54) is 16.8 Å². The van der Waals surface area contributed by atoms with Gasteiger partial charge >= 0.3 is 0 Å². The molecule has 0 bridgehead atoms. The molecule has 1 heterocycles. The summed E-state index contributed by atoms with van der Waals surface area (Å²) in [7, 11) is 1.70. The number of hydrogen-bond acceptors (Lipinski definition) is 3. The van der Waals surface area contributed by atoms with Crippen molar-refractivity contribution in [2.45, 2.75) is 6.92 Å². The van der Waals surface area contributed by atoms with Gasteiger partial charge in [0.05, 0.1) is 17.8 Å². The molecule has 0 unspecified atom stereocenters. The topological polar surface area (TPSA) is 72.9 Å². The molecule has 1 aromatic heterocycles. The predicted molar refractivity (Wildman–Crippen MR) is 78.2 cm³/mol. The maximum atomic E-state index is 14.0. The second kappa shape index (κ2) is 6.20. The Kier molecular flexibility index (Phi) is 4.36. The van der Waals surface area contributed by atoms with Crippen LogP contribution in [0.1, 0.15) is 21.6 Å². The van der Waals surface area contributed by atoms with Crippen molar-refractivity contribution >= 4 is 11.7 Å². The summed E-state index contributed by atoms with van der Waals surface area (Å²) in [5.74, 6) is 4.68. The van der Waals surface area contributed by atoms with Crippen LogP contribution in [0.4, 0.5) is 10.2 Å². The van der Waals surface area contributed by atoms with Crippen molar-refractivity contribution in [3.8, 4) is 11.8 Å². The second-order valence-corrected chi connectivity index (χ2v) is 4.45. The fraction of sp³-hybridized carbons (Fsp3) is 0.200. The van der Waals surface area contributed by atoms with E-state index in [1.54, 1.807) is 26.1 Å². The molecule has 0 aliphatic rings. The maximum absolute atomic E-state index is 14.0. The number of aromatic nitrogens is 2. The average Bonchev–Trinajstić information content (AvgIpc) is 2.74. The van der Waals surface area contributed by atoms with Crippen molar-refractivity contribution in [2.24, 2.45) is 12.8 Å². The third-order valence-corrected chi connectivity index (χ3v) is 2.79. The van der Waals surface area contributed by atoms with Crippen LogP contribution < -0.4 is 11.1 Å². The van der Waals surface area contributed by atoms with Crippen molar-refractivity contribution in [2.75, 3.05) is 11.9 Å². The number of rotatable bonds is 2. The minimum absolute atomic E-state index is 0.0489. The van der Waals surface area contributed by atoms with Crippen LogP contribution in [0.5, 0.6) is 0 Å². The number of nitrogens with one attached hydrogen (secondary N) is 1. The number of nitrogens with two attached hydrogens (primary N) is 1. The minimum Gasteiger partial charge on any atom is -0.320 e. The number of hydrogen-bond donors (Lipinski definition) is 2. The van der Waals surface area contributed by atoms with Crippen LogP contribution in [-0.2, 0) is 7.05 Å². The van der Waals surface area contributed by atoms with Gasteiger partial charge in [0.2, 0.25) is 0 Å². The Morgan fingerprint density at radius 1 is 1.48 bits per heavy atom. The van der Waals surface area contributed by atoms with E-state index in [2.05, 4.69) is 22.3 Å². The van der Waals surface area contributed by atoms with E-state index in [1.807, 2.05) is 0 Å². The smallest absolute Gasteiger partial charge is 0.259 e. The maximum Gasteiger partial charge on any atom is 0.259 e. The van der Waals surface area contributed by atoms with E-state index in [9.17, 15) is 9.18 Å². The molecule has 1 amide bonds. The van der Waals surface area contributed by atoms with Crippen LogP contribution in [-0.4, -0.2) is 22.2 Å². The number of anilines is 1. The van der Waals surface area contributed by atoms with E-state index >= 15 is 0 Å². The molecule has 0 fully saturated rings. The van der Waals surface area contributed by atoms with Crippen molar-refractivity contribution in [1.29, 1.82) is 0 Å². The highest BCUT2D eigenvalue weighted by Gasteiger charge is 2.14. The highest BCUT2D eigenvalue weighted by Crippen LogP contribution is 2.14. The van der Waals surface area contributed by atoms with Gasteiger partial charge in [-0.15, -0.1) is 0 Å². The third-order valence-electron chi connectivity index (χ3n) is 2.79. The molecule has 0 aliphatic heterocycles. The van der Waals surface area contributed by atoms with Crippen molar-refractivity contribution < 1.29 is 9.18 Å². The summed E-state index contributed by atoms with van der Waals surface area (Å²) in [5, 5.41) is 6.72. The third kappa shape index (κ3) is 3.46. The zero-order valence-electron chi connectivity index (χ0n) is 11.8. The van der Waals surface area contributed by atoms with Gasteiger partial charge in [0, 0.05) is 18.7 Å². The number of benzene rings is 1. The predicted octanol–water partition coefficient (Wildman–Crippen LogP) is 1.43. The number of aryl methyl sites for hydroxylation is 2. The van der Waals surface area contributed by atoms with Gasteiger partial charge in [0.1, 0.15) is 11.6 Å². The first kappa shape index (κ1) is 14.8. The summed E-state index contributed by atoms with van der Waals surface area (Å²) in [6.07, 6.45) is 0. The normalized spacial score (nSPS) is 9.90. The van der Waals surface area contributed by atoms with E-state index in [4.69, 9.17) is 5.73 Å². The van der Waals surface area contributed by atoms with E-state index in [-0.39, 0.29) is 12.1 Å². The number of nitrogens with zero attached hydrogens (tertiary/aromatic N) is 2. The Balaban J connectivity index is 2.21. The zero-order chi connectivity index (χ0) is 15.4. The summed E-state index contributed by atoms with van der Waals surface area (Å²) < 4.78 is 15.5. The molecule has 0 atom stereocenters. The fourth-order valence-electron chi connectivity index (χ4n) is 1.84. The highest BCUT2D eigenvalue weighted by molar-refractivity contribution is 6.04. The molecule has 5 nitrogen and oxygen atoms in total. The highest BCUT2D eigenvalue weighted by atomic mass is 19.1. The Morgan fingerprint density at radius 3 is 2.81 bits per heavy atom. The minimum atomic E-state index is -0.629. The summed E-state index contributed by atoms with van der Waals surface area (Å²) >= 11 is 0. The molecular weight excluding hydrogens is 271 g/mol. The van der Waals surface area contributed by atoms with Gasteiger partial charge in [-0.3, -0.25) is 9.48 Å². The van der Waals surface area contributed by atoms with E-state index in [0.717, 1.165) is 5.69 Å². The first-order valence-electron chi connectivity index (χ1n) is 6.31. The lowest BCUT2D eigenvalue weighted by Crippen LogP contribution is -2.16. The molecule has 1 aromatic carbocycles. The summed E-state index contributed by atoms with van der Waals surface area (Å²) in [6.45, 7) is 2.00. The number of carbonyl (C=O) groups is 1. The van der Waals surface area contributed by atoms with Gasteiger partial charge < -0.3 is 11.1 Å². The van der Waals surface area contributed by atoms with Crippen LogP contribution in [0.25, 0.3) is 0 Å². The van der Waals surface area contributed by atoms with Crippen molar-refractivity contribution in [3.63, 3.8) is 0 Å². The van der Waals surface area contributed by atoms with E-state index in [0.29, 0.717) is 11.4 Å². The Morgan fingerprint density at radius 2 is 2.24 bits per heavy atom. The SMILES string of the molecule is Cc1cc(NC(=O)c2ccc(C#CCN)cc2F)n(C)n1. The van der Waals surface area contributed by atoms with Gasteiger partial charge in [0.25, 0.3) is 5.91 Å². The molecule has 21 heavy (non-hydrogen) atoms. The average molecular weight is 286 g/mol. The molecule has 3 N–H and O–H groups in total. The lowest BCUT2D eigenvalue weighted by molar-refractivity contribution is 0.102. The van der Waals surface area contributed by atoms with Crippen LogP contribution in [0.2, 0.25) is 0 Å². The van der Waals surface area contributed by atoms with Gasteiger partial charge in [-0.25, -0.2) is 4.39 Å². The Hall–Kier alpha value is -2.65. The van der Waals surface area contributed by atoms with Crippen molar-refractivity contribution in [1.82, 2.24) is 9.78 Å². The molecule has 6 heteroatoms. The standard InChI is InChI=1S/C15H15FN4O/c1-10-8-14(20(2)19-10)18-15(21)12-6-5-11(4-3-7-17)9-13(12)16/h5-6,8-9H,7,17H2,1-2H3,(H,18,21). The first-order valence-corrected chi connectivity index (χ1v) is 6.31. The van der Waals surface area contributed by atoms with Crippen LogP contribution >= 0.6 is 0 Å². The lowest BCUT2D eigenvalue weighted by atomic mass is 10.1. The second-order valence-electron chi connectivity index (χ2n) is 4.45. The Labute approximate surface area is 122 Å². The lowest BCUT2D eigenvalue weighted by Gasteiger charge is -2.06. The molecule has 0 aliphatic carbocycles. The molecule has 0 radical (unpaired) electrons. The molecule has 0 saturated heterocycles. The van der Waals surface area contributed by atoms with Crippen LogP contribution in [0.3, 0.4) is 0 Å². The summed E-state index contributed by atoms with van der Waals surface area (Å²) in [5.41, 5.74) is 6.45. The molecule has 2 aromatic rings. The molecule has 0 saturated carbocycles. The largest absolute Gasteiger partial charge is 0.320 e. The van der Waals surface area contributed by atoms with Crippen LogP contribution in [0.15, 0.2) is 24.3 Å². The molecule has 2 rings (SSSR count). The first-order chi connectivity index (χ1) is 10.0. The number of halogens is 1. The fourth-order valence-corrected chi connectivity index (χ4v) is 1.84. The van der Waals surface area contributed by atoms with Crippen molar-refractivity contribution in [3.05, 3.63) is 46.9 Å². The van der Waals surface area contributed by atoms with Crippen LogP contribution in [0, 0.1) is 24.6 Å². The molecular formula is C15H15FN4O. The van der Waals surface area contributed by atoms with Gasteiger partial charge in [-0.2, -0.15) is 5.10 Å². The Bertz CT molecular complexity index is 740. The zero-order valence-corrected chi connectivity index (χ0v) is 11.8. The summed E-state index contributed by atoms with van der Waals surface area (Å²) in [6, 6.07) is 5.90. The molecule has 108 valence electrons. The molecule has 0 spiro atoms. The van der Waals surface area contributed by atoms with Gasteiger partial charge in [0.15, 0.2) is 0 Å². The quantitative estimate of drug-likeness (QED) is 0.820. The monoisotopic (exact) mass is 286 g/mol. The van der Waals surface area contributed by atoms with Gasteiger partial charge in [-0.05, 0) is 25.1 Å². The summed E-state index contributed by atoms with van der Waals surface area (Å²) in [4.78, 5) is 12.1. The van der Waals surface area contributed by atoms with Gasteiger partial charge in [-0.1, -0.05) is 11.8 Å². The number of carbonyl (C=O) groups excluding carboxylic acids is 1. The van der Waals surface area contributed by atoms with E-state index < -0.39 is 11.7 Å².